The van der Waals surface area contributed by atoms with Crippen LogP contribution in [0.15, 0.2) is 48.5 Å². The van der Waals surface area contributed by atoms with Gasteiger partial charge in [-0.05, 0) is 49.1 Å². The van der Waals surface area contributed by atoms with Crippen molar-refractivity contribution in [1.29, 1.82) is 0 Å². The minimum atomic E-state index is -4.36. The normalized spacial score (nSPS) is 12.0. The molecule has 10 heteroatoms. The molecule has 1 amide bonds. The van der Waals surface area contributed by atoms with E-state index in [9.17, 15) is 19.1 Å². The SMILES string of the molecule is CCC(CC)(c1ccc(NC(=O)CCc2sc(N)nc2-c2ccc(Cl)cc2)cc1)P(=O)(O)O. The van der Waals surface area contributed by atoms with E-state index in [1.165, 1.54) is 11.3 Å². The van der Waals surface area contributed by atoms with Crippen LogP contribution >= 0.6 is 30.5 Å². The van der Waals surface area contributed by atoms with E-state index < -0.39 is 12.8 Å². The number of carbonyl (C=O) groups is 1. The van der Waals surface area contributed by atoms with E-state index in [0.29, 0.717) is 40.7 Å². The van der Waals surface area contributed by atoms with Crippen molar-refractivity contribution >= 4 is 47.3 Å². The van der Waals surface area contributed by atoms with Crippen molar-refractivity contribution < 1.29 is 19.1 Å². The minimum Gasteiger partial charge on any atom is -0.375 e. The highest BCUT2D eigenvalue weighted by molar-refractivity contribution is 7.53. The molecule has 0 aliphatic carbocycles. The Hall–Kier alpha value is -2.22. The van der Waals surface area contributed by atoms with Gasteiger partial charge >= 0.3 is 7.60 Å². The van der Waals surface area contributed by atoms with Crippen molar-refractivity contribution in [3.63, 3.8) is 0 Å². The summed E-state index contributed by atoms with van der Waals surface area (Å²) in [6, 6.07) is 14.0. The lowest BCUT2D eigenvalue weighted by Crippen LogP contribution is -2.24. The Bertz CT molecular complexity index is 1160. The third-order valence-corrected chi connectivity index (χ3v) is 9.05. The van der Waals surface area contributed by atoms with Crippen molar-refractivity contribution in [1.82, 2.24) is 4.98 Å². The lowest BCUT2D eigenvalue weighted by Gasteiger charge is -2.33. The predicted molar refractivity (Wildman–Crippen MR) is 135 cm³/mol. The first kappa shape index (κ1) is 25.4. The van der Waals surface area contributed by atoms with Gasteiger partial charge in [-0.1, -0.05) is 49.7 Å². The van der Waals surface area contributed by atoms with Crippen LogP contribution in [-0.4, -0.2) is 20.7 Å². The molecule has 0 unspecified atom stereocenters. The van der Waals surface area contributed by atoms with Gasteiger partial charge in [0, 0.05) is 27.6 Å². The maximum Gasteiger partial charge on any atom is 0.335 e. The highest BCUT2D eigenvalue weighted by atomic mass is 35.5. The molecule has 33 heavy (non-hydrogen) atoms. The Balaban J connectivity index is 1.68. The van der Waals surface area contributed by atoms with Crippen LogP contribution in [0.1, 0.15) is 43.6 Å². The van der Waals surface area contributed by atoms with Gasteiger partial charge in [0.15, 0.2) is 5.13 Å². The van der Waals surface area contributed by atoms with E-state index in [1.54, 1.807) is 50.2 Å². The molecule has 0 radical (unpaired) electrons. The molecule has 0 bridgehead atoms. The minimum absolute atomic E-state index is 0.177. The molecule has 1 heterocycles. The molecule has 0 atom stereocenters. The summed E-state index contributed by atoms with van der Waals surface area (Å²) in [7, 11) is -4.36. The van der Waals surface area contributed by atoms with Crippen LogP contribution in [0.2, 0.25) is 5.02 Å². The number of nitrogens with zero attached hydrogens (tertiary/aromatic N) is 1. The highest BCUT2D eigenvalue weighted by Crippen LogP contribution is 2.60. The van der Waals surface area contributed by atoms with Crippen molar-refractivity contribution in [2.24, 2.45) is 0 Å². The fraction of sp³-hybridized carbons (Fsp3) is 0.304. The number of benzene rings is 2. The Kier molecular flexibility index (Phi) is 7.98. The molecular formula is C23H27ClN3O4PS. The van der Waals surface area contributed by atoms with Gasteiger partial charge in [0.2, 0.25) is 5.91 Å². The van der Waals surface area contributed by atoms with Crippen LogP contribution in [-0.2, 0) is 20.9 Å². The number of rotatable bonds is 9. The van der Waals surface area contributed by atoms with Crippen LogP contribution in [0.25, 0.3) is 11.3 Å². The zero-order valence-electron chi connectivity index (χ0n) is 18.4. The number of hydrogen-bond donors (Lipinski definition) is 4. The summed E-state index contributed by atoms with van der Waals surface area (Å²) in [5.74, 6) is -0.177. The first-order chi connectivity index (χ1) is 15.6. The monoisotopic (exact) mass is 507 g/mol. The average molecular weight is 508 g/mol. The van der Waals surface area contributed by atoms with Gasteiger partial charge in [-0.3, -0.25) is 9.36 Å². The topological polar surface area (TPSA) is 126 Å². The maximum atomic E-state index is 12.5. The third kappa shape index (κ3) is 5.65. The van der Waals surface area contributed by atoms with Gasteiger partial charge in [-0.15, -0.1) is 11.3 Å². The van der Waals surface area contributed by atoms with Gasteiger partial charge in [-0.2, -0.15) is 0 Å². The molecule has 0 saturated heterocycles. The molecule has 0 fully saturated rings. The Morgan fingerprint density at radius 2 is 1.73 bits per heavy atom. The predicted octanol–water partition coefficient (Wildman–Crippen LogP) is 5.81. The van der Waals surface area contributed by atoms with E-state index in [2.05, 4.69) is 10.3 Å². The van der Waals surface area contributed by atoms with Gasteiger partial charge in [-0.25, -0.2) is 4.98 Å². The third-order valence-electron chi connectivity index (χ3n) is 5.84. The Morgan fingerprint density at radius 3 is 2.27 bits per heavy atom. The molecular weight excluding hydrogens is 481 g/mol. The summed E-state index contributed by atoms with van der Waals surface area (Å²) in [6.45, 7) is 3.53. The summed E-state index contributed by atoms with van der Waals surface area (Å²) in [5.41, 5.74) is 8.67. The molecule has 0 aliphatic heterocycles. The quantitative estimate of drug-likeness (QED) is 0.271. The number of thiazole rings is 1. The molecule has 3 rings (SSSR count). The van der Waals surface area contributed by atoms with Crippen LogP contribution in [0, 0.1) is 0 Å². The molecule has 1 aromatic heterocycles. The number of nitrogen functional groups attached to an aromatic ring is 1. The van der Waals surface area contributed by atoms with Crippen LogP contribution in [0.4, 0.5) is 10.8 Å². The Labute approximate surface area is 202 Å². The van der Waals surface area contributed by atoms with Gasteiger partial charge in [0.05, 0.1) is 10.9 Å². The van der Waals surface area contributed by atoms with Crippen LogP contribution in [0.5, 0.6) is 0 Å². The molecule has 3 aromatic rings. The van der Waals surface area contributed by atoms with E-state index in [0.717, 1.165) is 16.1 Å². The van der Waals surface area contributed by atoms with Crippen LogP contribution < -0.4 is 11.1 Å². The molecule has 5 N–H and O–H groups in total. The van der Waals surface area contributed by atoms with E-state index in [4.69, 9.17) is 17.3 Å². The second-order valence-electron chi connectivity index (χ2n) is 7.74. The van der Waals surface area contributed by atoms with E-state index in [1.807, 2.05) is 12.1 Å². The fourth-order valence-corrected chi connectivity index (χ4v) is 6.21. The standard InChI is InChI=1S/C23H27ClN3O4PS/c1-3-23(4-2,32(29,30)31)16-7-11-18(12-8-16)26-20(28)14-13-19-21(27-22(25)33-19)15-5-9-17(24)10-6-15/h5-12H,3-4,13-14H2,1-2H3,(H2,25,27)(H,26,28)(H2,29,30,31). The number of aromatic nitrogens is 1. The zero-order valence-corrected chi connectivity index (χ0v) is 20.9. The summed E-state index contributed by atoms with van der Waals surface area (Å²) in [5, 5.41) is 2.68. The summed E-state index contributed by atoms with van der Waals surface area (Å²) >= 11 is 7.32. The van der Waals surface area contributed by atoms with E-state index in [-0.39, 0.29) is 12.3 Å². The number of aryl methyl sites for hydroxylation is 1. The first-order valence-corrected chi connectivity index (χ1v) is 13.4. The number of nitrogens with two attached hydrogens (primary N) is 1. The zero-order chi connectivity index (χ0) is 24.2. The number of carbonyl (C=O) groups excluding carboxylic acids is 1. The average Bonchev–Trinajstić information content (AvgIpc) is 3.14. The van der Waals surface area contributed by atoms with Crippen molar-refractivity contribution in [3.8, 4) is 11.3 Å². The van der Waals surface area contributed by atoms with Crippen molar-refractivity contribution in [3.05, 3.63) is 64.0 Å². The lowest BCUT2D eigenvalue weighted by atomic mass is 9.92. The second kappa shape index (κ2) is 10.4. The Morgan fingerprint density at radius 1 is 1.12 bits per heavy atom. The molecule has 0 saturated carbocycles. The smallest absolute Gasteiger partial charge is 0.335 e. The summed E-state index contributed by atoms with van der Waals surface area (Å²) < 4.78 is 12.2. The second-order valence-corrected chi connectivity index (χ2v) is 11.2. The van der Waals surface area contributed by atoms with Gasteiger partial charge in [0.25, 0.3) is 0 Å². The molecule has 7 nitrogen and oxygen atoms in total. The molecule has 0 aliphatic rings. The number of amides is 1. The van der Waals surface area contributed by atoms with Crippen LogP contribution in [0.3, 0.4) is 0 Å². The lowest BCUT2D eigenvalue weighted by molar-refractivity contribution is -0.116. The summed E-state index contributed by atoms with van der Waals surface area (Å²) in [4.78, 5) is 37.7. The maximum absolute atomic E-state index is 12.5. The molecule has 176 valence electrons. The largest absolute Gasteiger partial charge is 0.375 e. The van der Waals surface area contributed by atoms with E-state index >= 15 is 0 Å². The number of hydrogen-bond acceptors (Lipinski definition) is 5. The summed E-state index contributed by atoms with van der Waals surface area (Å²) in [6.07, 6.45) is 1.34. The molecule has 2 aromatic carbocycles. The van der Waals surface area contributed by atoms with Crippen molar-refractivity contribution in [2.75, 3.05) is 11.1 Å². The van der Waals surface area contributed by atoms with Gasteiger partial charge in [0.1, 0.15) is 0 Å². The number of nitrogens with one attached hydrogen (secondary N) is 1. The molecule has 0 spiro atoms. The highest BCUT2D eigenvalue weighted by Gasteiger charge is 2.45. The fourth-order valence-electron chi connectivity index (χ4n) is 3.93. The van der Waals surface area contributed by atoms with Crippen molar-refractivity contribution in [2.45, 2.75) is 44.7 Å². The number of anilines is 2. The van der Waals surface area contributed by atoms with Gasteiger partial charge < -0.3 is 20.8 Å². The number of halogens is 1. The first-order valence-electron chi connectivity index (χ1n) is 10.6.